The van der Waals surface area contributed by atoms with Crippen LogP contribution in [0.2, 0.25) is 0 Å². The van der Waals surface area contributed by atoms with Crippen LogP contribution in [0.3, 0.4) is 0 Å². The lowest BCUT2D eigenvalue weighted by molar-refractivity contribution is -0.159. The van der Waals surface area contributed by atoms with Crippen molar-refractivity contribution in [2.75, 3.05) is 32.7 Å². The van der Waals surface area contributed by atoms with Gasteiger partial charge in [-0.1, -0.05) is 42.0 Å². The highest BCUT2D eigenvalue weighted by Crippen LogP contribution is 2.20. The van der Waals surface area contributed by atoms with Gasteiger partial charge in [0.2, 0.25) is 0 Å². The first-order valence-corrected chi connectivity index (χ1v) is 9.55. The van der Waals surface area contributed by atoms with Crippen molar-refractivity contribution in [2.24, 2.45) is 5.92 Å². The summed E-state index contributed by atoms with van der Waals surface area (Å²) in [5.74, 6) is -2.75. The Morgan fingerprint density at radius 2 is 1.56 bits per heavy atom. The Bertz CT molecular complexity index is 622. The van der Waals surface area contributed by atoms with E-state index in [1.54, 1.807) is 0 Å². The van der Waals surface area contributed by atoms with Gasteiger partial charge in [-0.3, -0.25) is 4.90 Å². The second-order valence-electron chi connectivity index (χ2n) is 7.32. The summed E-state index contributed by atoms with van der Waals surface area (Å²) in [7, 11) is 0. The molecule has 1 atom stereocenters. The zero-order valence-electron chi connectivity index (χ0n) is 16.0. The summed E-state index contributed by atoms with van der Waals surface area (Å²) >= 11 is 0. The first-order valence-electron chi connectivity index (χ1n) is 9.55. The molecular formula is C21H30N2O4. The van der Waals surface area contributed by atoms with Gasteiger partial charge in [0.25, 0.3) is 0 Å². The van der Waals surface area contributed by atoms with Crippen molar-refractivity contribution in [3.8, 4) is 0 Å². The summed E-state index contributed by atoms with van der Waals surface area (Å²) in [5, 5.41) is 14.8. The largest absolute Gasteiger partial charge is 0.473 e. The molecule has 0 aromatic heterocycles. The molecule has 3 rings (SSSR count). The van der Waals surface area contributed by atoms with E-state index in [0.717, 1.165) is 12.5 Å². The van der Waals surface area contributed by atoms with E-state index in [1.165, 1.54) is 63.1 Å². The number of carboxylic acid groups (broad SMARTS) is 2. The van der Waals surface area contributed by atoms with Gasteiger partial charge in [-0.2, -0.15) is 0 Å². The molecule has 1 heterocycles. The minimum absolute atomic E-state index is 0.902. The molecule has 1 saturated heterocycles. The van der Waals surface area contributed by atoms with Crippen LogP contribution in [0.1, 0.15) is 30.4 Å². The van der Waals surface area contributed by atoms with Crippen LogP contribution in [-0.2, 0) is 16.1 Å². The van der Waals surface area contributed by atoms with Crippen LogP contribution in [-0.4, -0.2) is 64.7 Å². The summed E-state index contributed by atoms with van der Waals surface area (Å²) < 4.78 is 0. The Labute approximate surface area is 161 Å². The van der Waals surface area contributed by atoms with E-state index in [1.807, 2.05) is 0 Å². The number of hydrogen-bond donors (Lipinski definition) is 2. The smallest absolute Gasteiger partial charge is 0.414 e. The first-order chi connectivity index (χ1) is 12.9. The summed E-state index contributed by atoms with van der Waals surface area (Å²) in [6.07, 6.45) is 8.69. The molecule has 148 valence electrons. The van der Waals surface area contributed by atoms with Crippen LogP contribution in [0.5, 0.6) is 0 Å². The topological polar surface area (TPSA) is 81.1 Å². The number of piperazine rings is 1. The highest BCUT2D eigenvalue weighted by atomic mass is 16.4. The van der Waals surface area contributed by atoms with E-state index >= 15 is 0 Å². The fraction of sp³-hybridized carbons (Fsp3) is 0.524. The SMILES string of the molecule is Cc1ccc(CN2CCN(CC3CC=CCC3)CC2)cc1.O=C(O)C(=O)O. The molecule has 0 spiro atoms. The molecular weight excluding hydrogens is 344 g/mol. The van der Waals surface area contributed by atoms with Crippen molar-refractivity contribution in [1.29, 1.82) is 0 Å². The van der Waals surface area contributed by atoms with Crippen LogP contribution in [0.15, 0.2) is 36.4 Å². The molecule has 0 bridgehead atoms. The fourth-order valence-corrected chi connectivity index (χ4v) is 3.47. The van der Waals surface area contributed by atoms with Crippen LogP contribution in [0.25, 0.3) is 0 Å². The zero-order chi connectivity index (χ0) is 19.6. The van der Waals surface area contributed by atoms with E-state index in [2.05, 4.69) is 53.1 Å². The molecule has 27 heavy (non-hydrogen) atoms. The lowest BCUT2D eigenvalue weighted by Crippen LogP contribution is -2.47. The average Bonchev–Trinajstić information content (AvgIpc) is 2.66. The average molecular weight is 374 g/mol. The molecule has 1 fully saturated rings. The Morgan fingerprint density at radius 3 is 2.07 bits per heavy atom. The lowest BCUT2D eigenvalue weighted by Gasteiger charge is -2.36. The number of aryl methyl sites for hydroxylation is 1. The van der Waals surface area contributed by atoms with Crippen molar-refractivity contribution in [3.05, 3.63) is 47.5 Å². The molecule has 6 heteroatoms. The number of aliphatic carboxylic acids is 2. The van der Waals surface area contributed by atoms with Gasteiger partial charge < -0.3 is 15.1 Å². The molecule has 1 aromatic carbocycles. The van der Waals surface area contributed by atoms with Crippen LogP contribution < -0.4 is 0 Å². The Morgan fingerprint density at radius 1 is 0.963 bits per heavy atom. The monoisotopic (exact) mass is 374 g/mol. The van der Waals surface area contributed by atoms with Gasteiger partial charge in [0.15, 0.2) is 0 Å². The van der Waals surface area contributed by atoms with Crippen LogP contribution in [0.4, 0.5) is 0 Å². The number of benzene rings is 1. The number of rotatable bonds is 4. The Kier molecular flexibility index (Phi) is 8.48. The molecule has 2 aliphatic rings. The van der Waals surface area contributed by atoms with Crippen molar-refractivity contribution in [3.63, 3.8) is 0 Å². The maximum atomic E-state index is 9.10. The molecule has 1 aromatic rings. The van der Waals surface area contributed by atoms with Crippen molar-refractivity contribution in [2.45, 2.75) is 32.7 Å². The van der Waals surface area contributed by atoms with Gasteiger partial charge >= 0.3 is 11.9 Å². The van der Waals surface area contributed by atoms with Crippen LogP contribution in [0, 0.1) is 12.8 Å². The summed E-state index contributed by atoms with van der Waals surface area (Å²) in [6.45, 7) is 9.50. The molecule has 6 nitrogen and oxygen atoms in total. The summed E-state index contributed by atoms with van der Waals surface area (Å²) in [5.41, 5.74) is 2.80. The third kappa shape index (κ3) is 7.93. The Balaban J connectivity index is 0.000000380. The zero-order valence-corrected chi connectivity index (χ0v) is 16.0. The van der Waals surface area contributed by atoms with E-state index in [4.69, 9.17) is 19.8 Å². The van der Waals surface area contributed by atoms with Gasteiger partial charge in [0.05, 0.1) is 0 Å². The lowest BCUT2D eigenvalue weighted by atomic mass is 9.94. The van der Waals surface area contributed by atoms with E-state index < -0.39 is 11.9 Å². The Hall–Kier alpha value is -2.18. The predicted octanol–water partition coefficient (Wildman–Crippen LogP) is 2.62. The summed E-state index contributed by atoms with van der Waals surface area (Å²) in [6, 6.07) is 9.00. The third-order valence-electron chi connectivity index (χ3n) is 5.07. The van der Waals surface area contributed by atoms with Gasteiger partial charge in [-0.05, 0) is 37.7 Å². The maximum Gasteiger partial charge on any atom is 0.414 e. The van der Waals surface area contributed by atoms with Crippen molar-refractivity contribution in [1.82, 2.24) is 9.80 Å². The minimum atomic E-state index is -1.82. The molecule has 1 unspecified atom stereocenters. The predicted molar refractivity (Wildman–Crippen MR) is 105 cm³/mol. The van der Waals surface area contributed by atoms with E-state index in [-0.39, 0.29) is 0 Å². The van der Waals surface area contributed by atoms with Gasteiger partial charge in [0.1, 0.15) is 0 Å². The molecule has 1 aliphatic carbocycles. The minimum Gasteiger partial charge on any atom is -0.473 e. The quantitative estimate of drug-likeness (QED) is 0.623. The number of carbonyl (C=O) groups is 2. The van der Waals surface area contributed by atoms with Crippen molar-refractivity contribution >= 4 is 11.9 Å². The molecule has 2 N–H and O–H groups in total. The van der Waals surface area contributed by atoms with E-state index in [9.17, 15) is 0 Å². The number of allylic oxidation sites excluding steroid dienone is 2. The maximum absolute atomic E-state index is 9.10. The highest BCUT2D eigenvalue weighted by molar-refractivity contribution is 6.27. The standard InChI is InChI=1S/C19H28N2.C2H2O4/c1-17-7-9-19(10-8-17)16-21-13-11-20(12-14-21)15-18-5-3-2-4-6-18;3-1(4)2(5)6/h2-3,7-10,18H,4-6,11-16H2,1H3;(H,3,4)(H,5,6). The second kappa shape index (κ2) is 10.8. The molecule has 0 saturated carbocycles. The number of carboxylic acids is 2. The fourth-order valence-electron chi connectivity index (χ4n) is 3.47. The molecule has 0 amide bonds. The molecule has 0 radical (unpaired) electrons. The van der Waals surface area contributed by atoms with Gasteiger partial charge in [-0.15, -0.1) is 0 Å². The van der Waals surface area contributed by atoms with Gasteiger partial charge in [0, 0.05) is 39.3 Å². The number of hydrogen-bond acceptors (Lipinski definition) is 4. The van der Waals surface area contributed by atoms with Gasteiger partial charge in [-0.25, -0.2) is 9.59 Å². The van der Waals surface area contributed by atoms with E-state index in [0.29, 0.717) is 0 Å². The third-order valence-corrected chi connectivity index (χ3v) is 5.07. The summed E-state index contributed by atoms with van der Waals surface area (Å²) in [4.78, 5) is 23.5. The van der Waals surface area contributed by atoms with Crippen molar-refractivity contribution < 1.29 is 19.8 Å². The highest BCUT2D eigenvalue weighted by Gasteiger charge is 2.20. The normalized spacial score (nSPS) is 20.6. The molecule has 1 aliphatic heterocycles. The second-order valence-corrected chi connectivity index (χ2v) is 7.32. The first kappa shape index (κ1) is 21.1. The number of nitrogens with zero attached hydrogens (tertiary/aromatic N) is 2. The van der Waals surface area contributed by atoms with Crippen LogP contribution >= 0.6 is 0 Å².